The van der Waals surface area contributed by atoms with Crippen molar-refractivity contribution in [1.29, 1.82) is 0 Å². The fourth-order valence-corrected chi connectivity index (χ4v) is 16.4. The number of amides is 5. The molecule has 0 saturated carbocycles. The second kappa shape index (κ2) is 42.2. The van der Waals surface area contributed by atoms with Crippen molar-refractivity contribution in [2.75, 3.05) is 26.2 Å². The number of fused-ring (bicyclic) bond motifs is 5. The molecule has 5 aliphatic heterocycles. The molecule has 134 heavy (non-hydrogen) atoms. The van der Waals surface area contributed by atoms with Gasteiger partial charge in [-0.15, -0.1) is 25.5 Å². The number of hydrogen-bond acceptors (Lipinski definition) is 16. The summed E-state index contributed by atoms with van der Waals surface area (Å²) in [6, 6.07) is 65.3. The first-order valence-electron chi connectivity index (χ1n) is 44.9. The molecule has 20 rings (SSSR count). The Labute approximate surface area is 776 Å². The number of hydrogen-bond donors (Lipinski definition) is 0. The third kappa shape index (κ3) is 23.0. The number of carbonyl (C=O) groups excluding carboxylic acids is 5. The second-order valence-electron chi connectivity index (χ2n) is 34.1. The van der Waals surface area contributed by atoms with Crippen LogP contribution in [0.2, 0.25) is 0 Å². The monoisotopic (exact) mass is 1810 g/mol. The third-order valence-electron chi connectivity index (χ3n) is 24.3. The lowest BCUT2D eigenvalue weighted by atomic mass is 10.1. The van der Waals surface area contributed by atoms with E-state index in [9.17, 15) is 32.8 Å². The third-order valence-corrected chi connectivity index (χ3v) is 24.3. The number of rotatable bonds is 20. The molecular weight excluding hydrogens is 1700 g/mol. The second-order valence-corrected chi connectivity index (χ2v) is 34.1. The Morgan fingerprint density at radius 3 is 1.17 bits per heavy atom. The number of benzene rings is 5. The lowest BCUT2D eigenvalue weighted by Crippen LogP contribution is -2.45. The van der Waals surface area contributed by atoms with Crippen LogP contribution in [0.25, 0.3) is 0 Å². The minimum absolute atomic E-state index is 0.0141. The zero-order valence-electron chi connectivity index (χ0n) is 76.8. The van der Waals surface area contributed by atoms with E-state index in [0.29, 0.717) is 131 Å². The molecule has 0 N–H and O–H groups in total. The molecule has 30 nitrogen and oxygen atoms in total. The summed E-state index contributed by atoms with van der Waals surface area (Å²) in [5.74, 6) is 2.41. The molecule has 15 aromatic rings. The Balaban J connectivity index is 0.000000122. The molecule has 0 radical (unpaired) electrons. The topological polar surface area (TPSA) is 269 Å². The summed E-state index contributed by atoms with van der Waals surface area (Å²) in [7, 11) is 7.68. The molecule has 0 spiro atoms. The molecule has 0 bridgehead atoms. The van der Waals surface area contributed by atoms with E-state index in [0.717, 1.165) is 129 Å². The summed E-state index contributed by atoms with van der Waals surface area (Å²) < 4.78 is 72.6. The molecule has 1 atom stereocenters. The maximum Gasteiger partial charge on any atom is 0.271 e. The van der Waals surface area contributed by atoms with E-state index in [1.165, 1.54) is 24.3 Å². The SMILES string of the molecule is Cc1cc(C(=O)N2CCn3nc(OCc4cccc(F)c4)cc3C2)cn1C.Cc1ccc(C(=O)N2CCCn3nc(OCc4ccccc4)cc3C2)n1C.Cc1ccc(C(=O)N2CCCn3nc(OCc4ccncc4)cc3C2)cc1.Cc1ccc(C(=O)N2Cc3cc(OCc4ccccc4)nn3C[C@@H]2C)n1C.Cn1ccc(C(=O)N2CCn3nc(OCc4cccc(F)c4)cc3C2)c1. The normalized spacial score (nSPS) is 14.2. The lowest BCUT2D eigenvalue weighted by Gasteiger charge is -2.33. The number of carbonyl (C=O) groups is 5. The number of aryl methyl sites for hydroxylation is 8. The van der Waals surface area contributed by atoms with Crippen molar-refractivity contribution in [2.24, 2.45) is 28.2 Å². The Hall–Kier alpha value is -15.4. The molecule has 5 aliphatic rings. The van der Waals surface area contributed by atoms with Crippen LogP contribution >= 0.6 is 0 Å². The Morgan fingerprint density at radius 1 is 0.351 bits per heavy atom. The highest BCUT2D eigenvalue weighted by Crippen LogP contribution is 2.30. The molecule has 0 fully saturated rings. The highest BCUT2D eigenvalue weighted by Gasteiger charge is 2.33. The first-order chi connectivity index (χ1) is 64.9. The van der Waals surface area contributed by atoms with Gasteiger partial charge >= 0.3 is 0 Å². The quantitative estimate of drug-likeness (QED) is 0.0686. The van der Waals surface area contributed by atoms with Gasteiger partial charge in [0.05, 0.1) is 92.0 Å². The van der Waals surface area contributed by atoms with Gasteiger partial charge in [-0.1, -0.05) is 103 Å². The van der Waals surface area contributed by atoms with Crippen molar-refractivity contribution in [2.45, 2.75) is 152 Å². The minimum Gasteiger partial charge on any atom is -0.472 e. The summed E-state index contributed by atoms with van der Waals surface area (Å²) in [4.78, 5) is 77.5. The smallest absolute Gasteiger partial charge is 0.271 e. The van der Waals surface area contributed by atoms with Gasteiger partial charge < -0.3 is 66.5 Å². The summed E-state index contributed by atoms with van der Waals surface area (Å²) in [6.07, 6.45) is 10.8. The maximum atomic E-state index is 13.2. The van der Waals surface area contributed by atoms with Gasteiger partial charge in [0.15, 0.2) is 0 Å². The molecule has 15 heterocycles. The lowest BCUT2D eigenvalue weighted by molar-refractivity contribution is 0.0595. The fourth-order valence-electron chi connectivity index (χ4n) is 16.4. The highest BCUT2D eigenvalue weighted by molar-refractivity contribution is 5.96. The van der Waals surface area contributed by atoms with Gasteiger partial charge in [0.2, 0.25) is 29.4 Å². The van der Waals surface area contributed by atoms with E-state index in [1.807, 2.05) is 304 Å². The van der Waals surface area contributed by atoms with E-state index in [4.69, 9.17) is 23.7 Å². The molecule has 32 heteroatoms. The molecule has 5 aromatic carbocycles. The molecule has 5 amide bonds. The molecule has 0 aliphatic carbocycles. The standard InChI is InChI=1S/C21H24N4O2.C21H22N4O2.C21H24N4O2.C20H21FN4O2.C19H19FN4O2/c1-15-9-10-19(23(15)3)21(26)24-13-18-11-20(22-25(18)12-16(24)2)27-14-17-7-5-4-6-8-17;1-16-3-5-18(6-4-16)21(26)24-11-2-12-25-19(14-24)13-20(23-25)27-15-17-7-9-22-10-8-17;1-16-9-10-19(23(16)2)21(26)24-11-6-12-25-18(14-24)13-20(22-25)27-15-17-7-4-3-5-8-17;1-14-8-16(11-23(14)2)20(26)24-6-7-25-18(12-24)10-19(22-25)27-13-15-4-3-5-17(21)9-15;1-22-6-5-15(11-22)19(25)23-7-8-24-17(12-23)10-18(21-24)26-13-14-3-2-4-16(20)9-14/h4-11,16H,12-14H2,1-3H3;3-10,13H,2,11-12,14-15H2,1H3;3-5,7-10,13H,6,11-12,14-15H2,1-2H3;3-5,8-11H,6-7,12-13H2,1-2H3;2-6,9-11H,7-8,12-13H2,1H3/t16-;;;;/m0..../s1. The Kier molecular flexibility index (Phi) is 29.0. The van der Waals surface area contributed by atoms with Crippen molar-refractivity contribution in [1.82, 2.24) is 96.7 Å². The van der Waals surface area contributed by atoms with Crippen LogP contribution in [-0.2, 0) is 127 Å². The van der Waals surface area contributed by atoms with Gasteiger partial charge in [-0.25, -0.2) is 8.78 Å². The predicted molar refractivity (Wildman–Crippen MR) is 497 cm³/mol. The summed E-state index contributed by atoms with van der Waals surface area (Å²) in [5, 5.41) is 22.5. The first kappa shape index (κ1) is 91.9. The fraction of sp³-hybridized carbons (Fsp3) is 0.304. The van der Waals surface area contributed by atoms with Crippen LogP contribution in [0.15, 0.2) is 243 Å². The van der Waals surface area contributed by atoms with Gasteiger partial charge in [0.1, 0.15) is 56.1 Å². The summed E-state index contributed by atoms with van der Waals surface area (Å²) in [6.45, 7) is 20.7. The first-order valence-corrected chi connectivity index (χ1v) is 44.9. The summed E-state index contributed by atoms with van der Waals surface area (Å²) in [5.41, 5.74) is 17.5. The minimum atomic E-state index is -0.287. The maximum absolute atomic E-state index is 13.2. The number of aromatic nitrogens is 15. The van der Waals surface area contributed by atoms with Crippen molar-refractivity contribution in [3.8, 4) is 29.4 Å². The average molecular weight is 1810 g/mol. The number of halogens is 2. The van der Waals surface area contributed by atoms with Crippen LogP contribution < -0.4 is 23.7 Å². The zero-order chi connectivity index (χ0) is 93.5. The van der Waals surface area contributed by atoms with Crippen molar-refractivity contribution >= 4 is 29.5 Å². The van der Waals surface area contributed by atoms with Gasteiger partial charge in [-0.2, -0.15) is 0 Å². The Bertz CT molecular complexity index is 6510. The van der Waals surface area contributed by atoms with Crippen molar-refractivity contribution in [3.05, 3.63) is 362 Å². The van der Waals surface area contributed by atoms with Gasteiger partial charge in [-0.05, 0) is 160 Å². The van der Waals surface area contributed by atoms with E-state index >= 15 is 0 Å². The largest absolute Gasteiger partial charge is 0.472 e. The van der Waals surface area contributed by atoms with Crippen LogP contribution in [0.5, 0.6) is 29.4 Å². The van der Waals surface area contributed by atoms with E-state index < -0.39 is 0 Å². The number of pyridine rings is 1. The van der Waals surface area contributed by atoms with Crippen molar-refractivity contribution in [3.63, 3.8) is 0 Å². The van der Waals surface area contributed by atoms with Crippen LogP contribution in [-0.4, -0.2) is 158 Å². The van der Waals surface area contributed by atoms with Crippen LogP contribution in [0.4, 0.5) is 8.78 Å². The molecular formula is C102H110F2N20O10. The highest BCUT2D eigenvalue weighted by atomic mass is 19.1. The van der Waals surface area contributed by atoms with Gasteiger partial charge in [0.25, 0.3) is 29.5 Å². The predicted octanol–water partition coefficient (Wildman–Crippen LogP) is 15.0. The molecule has 0 saturated heterocycles. The van der Waals surface area contributed by atoms with Crippen LogP contribution in [0.1, 0.15) is 151 Å². The number of ether oxygens (including phenoxy) is 5. The van der Waals surface area contributed by atoms with Crippen molar-refractivity contribution < 1.29 is 56.4 Å². The average Bonchev–Trinajstić information content (AvgIpc) is 1.67. The van der Waals surface area contributed by atoms with E-state index in [1.54, 1.807) is 36.7 Å². The molecule has 692 valence electrons. The Morgan fingerprint density at radius 2 is 0.746 bits per heavy atom. The van der Waals surface area contributed by atoms with E-state index in [-0.39, 0.29) is 60.4 Å². The zero-order valence-corrected chi connectivity index (χ0v) is 76.8. The van der Waals surface area contributed by atoms with Crippen LogP contribution in [0.3, 0.4) is 0 Å². The van der Waals surface area contributed by atoms with Crippen LogP contribution in [0, 0.1) is 39.3 Å². The van der Waals surface area contributed by atoms with E-state index in [2.05, 4.69) is 37.4 Å². The number of nitrogens with zero attached hydrogens (tertiary/aromatic N) is 20. The summed E-state index contributed by atoms with van der Waals surface area (Å²) >= 11 is 0. The molecule has 10 aromatic heterocycles. The van der Waals surface area contributed by atoms with Gasteiger partial charge in [-0.3, -0.25) is 52.4 Å². The molecule has 0 unspecified atom stereocenters. The van der Waals surface area contributed by atoms with Gasteiger partial charge in [0, 0.05) is 157 Å².